The molecule has 1 saturated heterocycles. The smallest absolute Gasteiger partial charge is 0.309 e. The summed E-state index contributed by atoms with van der Waals surface area (Å²) in [6.45, 7) is 1.21. The molecule has 1 amide bonds. The predicted octanol–water partition coefficient (Wildman–Crippen LogP) is 4.39. The van der Waals surface area contributed by atoms with Crippen molar-refractivity contribution >= 4 is 46.8 Å². The van der Waals surface area contributed by atoms with Gasteiger partial charge in [0.1, 0.15) is 0 Å². The van der Waals surface area contributed by atoms with Gasteiger partial charge in [0.05, 0.1) is 26.2 Å². The molecule has 1 aromatic carbocycles. The lowest BCUT2D eigenvalue weighted by Crippen LogP contribution is -2.48. The van der Waals surface area contributed by atoms with E-state index in [0.717, 1.165) is 12.8 Å². The van der Waals surface area contributed by atoms with Crippen LogP contribution in [0.5, 0.6) is 0 Å². The summed E-state index contributed by atoms with van der Waals surface area (Å²) in [7, 11) is 0. The molecule has 3 aliphatic rings. The van der Waals surface area contributed by atoms with Crippen molar-refractivity contribution in [3.63, 3.8) is 0 Å². The lowest BCUT2D eigenvalue weighted by Gasteiger charge is -2.51. The van der Waals surface area contributed by atoms with E-state index in [9.17, 15) is 19.7 Å². The Morgan fingerprint density at radius 3 is 2.53 bits per heavy atom. The third kappa shape index (κ3) is 4.06. The fourth-order valence-corrected chi connectivity index (χ4v) is 9.14. The Hall–Kier alpha value is -1.74. The van der Waals surface area contributed by atoms with Crippen molar-refractivity contribution in [3.05, 3.63) is 33.9 Å². The Morgan fingerprint density at radius 2 is 1.90 bits per heavy atom. The van der Waals surface area contributed by atoms with Crippen LogP contribution in [0.25, 0.3) is 0 Å². The van der Waals surface area contributed by atoms with Crippen LogP contribution in [0.4, 0.5) is 11.4 Å². The van der Waals surface area contributed by atoms with Crippen LogP contribution in [0.15, 0.2) is 18.2 Å². The monoisotopic (exact) mass is 450 g/mol. The number of hydrogen-bond donors (Lipinski definition) is 1. The molecule has 2 atom stereocenters. The average Bonchev–Trinajstić information content (AvgIpc) is 3.17. The van der Waals surface area contributed by atoms with Gasteiger partial charge in [-0.25, -0.2) is 0 Å². The molecule has 2 aliphatic carbocycles. The number of ether oxygens (including phenoxy) is 1. The minimum atomic E-state index is -0.487. The average molecular weight is 451 g/mol. The number of carbonyl (C=O) groups is 2. The number of carbonyl (C=O) groups excluding carboxylic acids is 2. The largest absolute Gasteiger partial charge is 0.455 e. The molecule has 2 unspecified atom stereocenters. The SMILES string of the molecule is Cc1c(NC(=O)COC(=O)C2CC3CCCC(C2)C32SCCS2)cccc1[N+](=O)[O-]. The number of amides is 1. The Bertz CT molecular complexity index is 840. The summed E-state index contributed by atoms with van der Waals surface area (Å²) in [5.41, 5.74) is 0.670. The van der Waals surface area contributed by atoms with Gasteiger partial charge in [-0.3, -0.25) is 19.7 Å². The molecule has 162 valence electrons. The van der Waals surface area contributed by atoms with Crippen molar-refractivity contribution in [1.82, 2.24) is 0 Å². The second kappa shape index (κ2) is 8.78. The van der Waals surface area contributed by atoms with E-state index in [1.165, 1.54) is 42.9 Å². The van der Waals surface area contributed by atoms with Crippen LogP contribution in [-0.2, 0) is 14.3 Å². The molecular weight excluding hydrogens is 424 g/mol. The highest BCUT2D eigenvalue weighted by Gasteiger charge is 2.55. The van der Waals surface area contributed by atoms with Crippen molar-refractivity contribution in [3.8, 4) is 0 Å². The summed E-state index contributed by atoms with van der Waals surface area (Å²) >= 11 is 4.19. The Morgan fingerprint density at radius 1 is 1.23 bits per heavy atom. The number of rotatable bonds is 5. The molecule has 1 spiro atoms. The number of nitrogens with one attached hydrogen (secondary N) is 1. The van der Waals surface area contributed by atoms with E-state index in [-0.39, 0.29) is 24.2 Å². The molecule has 7 nitrogen and oxygen atoms in total. The molecule has 0 aromatic heterocycles. The zero-order valence-corrected chi connectivity index (χ0v) is 18.6. The van der Waals surface area contributed by atoms with Crippen LogP contribution >= 0.6 is 23.5 Å². The summed E-state index contributed by atoms with van der Waals surface area (Å²) < 4.78 is 5.65. The van der Waals surface area contributed by atoms with E-state index in [2.05, 4.69) is 28.8 Å². The van der Waals surface area contributed by atoms with Gasteiger partial charge in [-0.2, -0.15) is 0 Å². The number of thioether (sulfide) groups is 2. The van der Waals surface area contributed by atoms with Gasteiger partial charge in [0.2, 0.25) is 0 Å². The van der Waals surface area contributed by atoms with Gasteiger partial charge < -0.3 is 10.1 Å². The van der Waals surface area contributed by atoms with Crippen LogP contribution in [0.3, 0.4) is 0 Å². The third-order valence-corrected chi connectivity index (χ3v) is 10.6. The highest BCUT2D eigenvalue weighted by Crippen LogP contribution is 2.64. The third-order valence-electron chi connectivity index (χ3n) is 6.57. The molecule has 1 aliphatic heterocycles. The highest BCUT2D eigenvalue weighted by atomic mass is 32.2. The number of anilines is 1. The Balaban J connectivity index is 1.33. The first-order chi connectivity index (χ1) is 14.4. The fraction of sp³-hybridized carbons (Fsp3) is 0.619. The molecule has 1 heterocycles. The summed E-state index contributed by atoms with van der Waals surface area (Å²) in [4.78, 5) is 35.5. The van der Waals surface area contributed by atoms with E-state index in [0.29, 0.717) is 27.2 Å². The number of benzene rings is 1. The van der Waals surface area contributed by atoms with Crippen LogP contribution in [0, 0.1) is 34.8 Å². The second-order valence-corrected chi connectivity index (χ2v) is 11.3. The van der Waals surface area contributed by atoms with Crippen molar-refractivity contribution in [2.45, 2.75) is 43.1 Å². The van der Waals surface area contributed by atoms with Crippen LogP contribution < -0.4 is 5.32 Å². The Kier molecular flexibility index (Phi) is 6.29. The van der Waals surface area contributed by atoms with Gasteiger partial charge in [0, 0.05) is 17.6 Å². The molecule has 0 radical (unpaired) electrons. The maximum Gasteiger partial charge on any atom is 0.309 e. The zero-order valence-electron chi connectivity index (χ0n) is 16.9. The van der Waals surface area contributed by atoms with E-state index >= 15 is 0 Å². The van der Waals surface area contributed by atoms with Crippen molar-refractivity contribution < 1.29 is 19.2 Å². The van der Waals surface area contributed by atoms with Gasteiger partial charge in [-0.1, -0.05) is 12.5 Å². The summed E-state index contributed by atoms with van der Waals surface area (Å²) in [5, 5.41) is 13.7. The first kappa shape index (κ1) is 21.5. The number of esters is 1. The fourth-order valence-electron chi connectivity index (χ4n) is 5.20. The van der Waals surface area contributed by atoms with Crippen LogP contribution in [-0.4, -0.2) is 39.0 Å². The van der Waals surface area contributed by atoms with Gasteiger partial charge in [0.25, 0.3) is 11.6 Å². The van der Waals surface area contributed by atoms with Crippen LogP contribution in [0.1, 0.15) is 37.7 Å². The molecule has 30 heavy (non-hydrogen) atoms. The molecule has 9 heteroatoms. The van der Waals surface area contributed by atoms with Gasteiger partial charge in [-0.15, -0.1) is 23.5 Å². The van der Waals surface area contributed by atoms with E-state index in [1.54, 1.807) is 13.0 Å². The minimum Gasteiger partial charge on any atom is -0.455 e. The molecule has 1 N–H and O–H groups in total. The van der Waals surface area contributed by atoms with Gasteiger partial charge in [0.15, 0.2) is 6.61 Å². The van der Waals surface area contributed by atoms with Gasteiger partial charge >= 0.3 is 5.97 Å². The quantitative estimate of drug-likeness (QED) is 0.403. The molecule has 2 bridgehead atoms. The summed E-state index contributed by atoms with van der Waals surface area (Å²) in [6.07, 6.45) is 5.28. The number of hydrogen-bond acceptors (Lipinski definition) is 7. The first-order valence-corrected chi connectivity index (χ1v) is 12.4. The van der Waals surface area contributed by atoms with E-state index in [4.69, 9.17) is 4.74 Å². The van der Waals surface area contributed by atoms with Crippen molar-refractivity contribution in [1.29, 1.82) is 0 Å². The molecule has 3 fully saturated rings. The van der Waals surface area contributed by atoms with Crippen LogP contribution in [0.2, 0.25) is 0 Å². The number of nitro groups is 1. The first-order valence-electron chi connectivity index (χ1n) is 10.4. The van der Waals surface area contributed by atoms with Crippen molar-refractivity contribution in [2.75, 3.05) is 23.4 Å². The minimum absolute atomic E-state index is 0.0601. The lowest BCUT2D eigenvalue weighted by atomic mass is 9.67. The number of nitrogens with zero attached hydrogens (tertiary/aromatic N) is 1. The number of nitro benzene ring substituents is 1. The maximum atomic E-state index is 12.7. The zero-order chi connectivity index (χ0) is 21.3. The van der Waals surface area contributed by atoms with E-state index < -0.39 is 10.8 Å². The standard InChI is InChI=1S/C21H26N2O5S2/c1-13-17(6-3-7-18(13)23(26)27)22-19(24)12-28-20(25)14-10-15-4-2-5-16(11-14)21(15)29-8-9-30-21/h3,6-7,14-16H,2,4-5,8-12H2,1H3,(H,22,24). The normalized spacial score (nSPS) is 26.9. The van der Waals surface area contributed by atoms with E-state index in [1.807, 2.05) is 0 Å². The highest BCUT2D eigenvalue weighted by molar-refractivity contribution is 8.21. The molecule has 2 saturated carbocycles. The lowest BCUT2D eigenvalue weighted by molar-refractivity contribution is -0.385. The Labute approximate surface area is 184 Å². The molecular formula is C21H26N2O5S2. The molecule has 1 aromatic rings. The maximum absolute atomic E-state index is 12.7. The second-order valence-electron chi connectivity index (χ2n) is 8.27. The summed E-state index contributed by atoms with van der Waals surface area (Å²) in [5.74, 6) is 2.57. The summed E-state index contributed by atoms with van der Waals surface area (Å²) in [6, 6.07) is 4.50. The topological polar surface area (TPSA) is 98.5 Å². The van der Waals surface area contributed by atoms with Crippen molar-refractivity contribution in [2.24, 2.45) is 17.8 Å². The molecule has 4 rings (SSSR count). The van der Waals surface area contributed by atoms with Gasteiger partial charge in [-0.05, 0) is 50.5 Å². The predicted molar refractivity (Wildman–Crippen MR) is 119 cm³/mol.